The molecule has 196 valence electrons. The highest BCUT2D eigenvalue weighted by Crippen LogP contribution is 2.39. The molecule has 0 spiro atoms. The van der Waals surface area contributed by atoms with Gasteiger partial charge in [0.2, 0.25) is 0 Å². The summed E-state index contributed by atoms with van der Waals surface area (Å²) >= 11 is 0. The maximum atomic E-state index is 14.1. The molecule has 3 N–H and O–H groups in total. The largest absolute Gasteiger partial charge is 0.390 e. The fraction of sp³-hybridized carbons (Fsp3) is 0.423. The van der Waals surface area contributed by atoms with Crippen molar-refractivity contribution in [2.75, 3.05) is 20.2 Å². The van der Waals surface area contributed by atoms with Crippen molar-refractivity contribution in [1.82, 2.24) is 25.9 Å². The number of sulfone groups is 1. The van der Waals surface area contributed by atoms with Gasteiger partial charge in [-0.3, -0.25) is 5.01 Å². The molecule has 2 fully saturated rings. The van der Waals surface area contributed by atoms with Crippen LogP contribution in [0.25, 0.3) is 0 Å². The van der Waals surface area contributed by atoms with E-state index in [4.69, 9.17) is 4.74 Å². The first-order valence-corrected chi connectivity index (χ1v) is 14.0. The van der Waals surface area contributed by atoms with Gasteiger partial charge in [0.05, 0.1) is 23.9 Å². The minimum atomic E-state index is -3.84. The van der Waals surface area contributed by atoms with E-state index in [1.54, 1.807) is 18.2 Å². The van der Waals surface area contributed by atoms with E-state index < -0.39 is 33.1 Å². The van der Waals surface area contributed by atoms with Gasteiger partial charge in [0.25, 0.3) is 0 Å². The number of nitrogens with one attached hydrogen (secondary N) is 2. The number of hydrogen-bond donors (Lipinski definition) is 3. The molecular weight excluding hydrogens is 497 g/mol. The highest BCUT2D eigenvalue weighted by Gasteiger charge is 2.41. The number of pyridine rings is 1. The van der Waals surface area contributed by atoms with Crippen molar-refractivity contribution in [2.45, 2.75) is 53.8 Å². The molecule has 3 aliphatic heterocycles. The van der Waals surface area contributed by atoms with Crippen LogP contribution in [-0.4, -0.2) is 66.2 Å². The maximum Gasteiger partial charge on any atom is 0.198 e. The molecule has 4 aliphatic rings. The molecule has 6 rings (SSSR count). The molecule has 1 aromatic heterocycles. The molecule has 11 heteroatoms. The second-order valence-corrected chi connectivity index (χ2v) is 12.1. The van der Waals surface area contributed by atoms with Crippen molar-refractivity contribution in [2.24, 2.45) is 0 Å². The highest BCUT2D eigenvalue weighted by atomic mass is 32.2. The number of aliphatic hydroxyl groups is 1. The van der Waals surface area contributed by atoms with Gasteiger partial charge < -0.3 is 15.2 Å². The fourth-order valence-corrected chi connectivity index (χ4v) is 7.50. The summed E-state index contributed by atoms with van der Waals surface area (Å²) in [5.41, 5.74) is 6.31. The Morgan fingerprint density at radius 2 is 2.08 bits per heavy atom. The quantitative estimate of drug-likeness (QED) is 0.521. The molecule has 1 saturated carbocycles. The van der Waals surface area contributed by atoms with Crippen LogP contribution in [0.15, 0.2) is 65.6 Å². The van der Waals surface area contributed by atoms with E-state index in [-0.39, 0.29) is 17.1 Å². The van der Waals surface area contributed by atoms with E-state index in [9.17, 15) is 17.9 Å². The summed E-state index contributed by atoms with van der Waals surface area (Å²) in [4.78, 5) is 4.48. The van der Waals surface area contributed by atoms with E-state index >= 15 is 0 Å². The number of β-amino-alcohol motifs (C(OH)–C–C–N with tert-alkyl or cyclic N) is 1. The van der Waals surface area contributed by atoms with Gasteiger partial charge in [-0.2, -0.15) is 0 Å². The summed E-state index contributed by atoms with van der Waals surface area (Å²) in [6.45, 7) is 1.18. The van der Waals surface area contributed by atoms with Gasteiger partial charge in [-0.05, 0) is 60.2 Å². The number of aromatic nitrogens is 1. The Hall–Kier alpha value is -2.67. The van der Waals surface area contributed by atoms with Gasteiger partial charge in [-0.1, -0.05) is 12.1 Å². The first-order valence-electron chi connectivity index (χ1n) is 12.5. The zero-order chi connectivity index (χ0) is 25.7. The van der Waals surface area contributed by atoms with E-state index in [0.717, 1.165) is 6.54 Å². The van der Waals surface area contributed by atoms with Crippen LogP contribution in [0.2, 0.25) is 0 Å². The van der Waals surface area contributed by atoms with Crippen LogP contribution in [0, 0.1) is 5.82 Å². The second kappa shape index (κ2) is 9.57. The lowest BCUT2D eigenvalue weighted by Gasteiger charge is -2.41. The van der Waals surface area contributed by atoms with Crippen LogP contribution in [0.5, 0.6) is 0 Å². The lowest BCUT2D eigenvalue weighted by Crippen LogP contribution is -2.55. The molecule has 1 saturated heterocycles. The molecule has 2 aromatic rings. The summed E-state index contributed by atoms with van der Waals surface area (Å²) in [6, 6.07) is 7.16. The second-order valence-electron chi connectivity index (χ2n) is 9.96. The monoisotopic (exact) mass is 527 g/mol. The molecule has 0 amide bonds. The lowest BCUT2D eigenvalue weighted by molar-refractivity contribution is 0.00605. The Bertz CT molecular complexity index is 1350. The summed E-state index contributed by atoms with van der Waals surface area (Å²) in [5.74, 6) is -0.391. The first-order chi connectivity index (χ1) is 17.8. The van der Waals surface area contributed by atoms with E-state index in [2.05, 4.69) is 21.9 Å². The van der Waals surface area contributed by atoms with Crippen molar-refractivity contribution in [3.05, 3.63) is 83.1 Å². The Balaban J connectivity index is 1.36. The van der Waals surface area contributed by atoms with Crippen LogP contribution < -0.4 is 10.7 Å². The van der Waals surface area contributed by atoms with Gasteiger partial charge in [-0.15, -0.1) is 5.12 Å². The minimum Gasteiger partial charge on any atom is -0.390 e. The summed E-state index contributed by atoms with van der Waals surface area (Å²) in [6.07, 6.45) is 7.87. The number of ether oxygens (including phenoxy) is 1. The fourth-order valence-electron chi connectivity index (χ4n) is 5.62. The smallest absolute Gasteiger partial charge is 0.198 e. The Morgan fingerprint density at radius 1 is 1.27 bits per heavy atom. The number of benzene rings is 1. The minimum absolute atomic E-state index is 0.0288. The number of rotatable bonds is 6. The van der Waals surface area contributed by atoms with Gasteiger partial charge in [0.15, 0.2) is 14.9 Å². The third-order valence-electron chi connectivity index (χ3n) is 7.71. The summed E-state index contributed by atoms with van der Waals surface area (Å²) in [7, 11) is -2.35. The average Bonchev–Trinajstić information content (AvgIpc) is 3.35. The number of hydrazine groups is 2. The molecule has 9 nitrogen and oxygen atoms in total. The van der Waals surface area contributed by atoms with Crippen LogP contribution in [0.4, 0.5) is 4.39 Å². The first kappa shape index (κ1) is 24.7. The third-order valence-corrected chi connectivity index (χ3v) is 9.90. The van der Waals surface area contributed by atoms with Crippen molar-refractivity contribution in [3.8, 4) is 0 Å². The van der Waals surface area contributed by atoms with E-state index in [1.807, 2.05) is 22.4 Å². The normalized spacial score (nSPS) is 28.3. The van der Waals surface area contributed by atoms with Crippen LogP contribution >= 0.6 is 0 Å². The van der Waals surface area contributed by atoms with Crippen LogP contribution in [0.1, 0.15) is 48.1 Å². The number of hydrogen-bond acceptors (Lipinski definition) is 9. The molecule has 4 heterocycles. The molecular formula is C26H30FN5O4S. The molecule has 0 bridgehead atoms. The number of methoxy groups -OCH3 is 1. The topological polar surface area (TPSA) is 107 Å². The number of fused-ring (bicyclic) bond motifs is 2. The van der Waals surface area contributed by atoms with Gasteiger partial charge in [0.1, 0.15) is 11.9 Å². The predicted octanol–water partition coefficient (Wildman–Crippen LogP) is 2.10. The molecule has 37 heavy (non-hydrogen) atoms. The van der Waals surface area contributed by atoms with Crippen molar-refractivity contribution in [3.63, 3.8) is 0 Å². The third kappa shape index (κ3) is 4.39. The van der Waals surface area contributed by atoms with Crippen molar-refractivity contribution >= 4 is 9.84 Å². The van der Waals surface area contributed by atoms with E-state index in [1.165, 1.54) is 31.0 Å². The highest BCUT2D eigenvalue weighted by molar-refractivity contribution is 7.92. The average molecular weight is 528 g/mol. The lowest BCUT2D eigenvalue weighted by atomic mass is 9.90. The van der Waals surface area contributed by atoms with Gasteiger partial charge in [0, 0.05) is 43.9 Å². The van der Waals surface area contributed by atoms with Crippen molar-refractivity contribution in [1.29, 1.82) is 0 Å². The zero-order valence-corrected chi connectivity index (χ0v) is 21.2. The van der Waals surface area contributed by atoms with Gasteiger partial charge >= 0.3 is 0 Å². The SMILES string of the molecule is COC(c1ccc(F)cc1)c1cc(C2NCC2O)cnc1S(=O)(=O)[C@@H]1CCC2=CN3C=CCN3NC2C1. The van der Waals surface area contributed by atoms with Crippen molar-refractivity contribution < 1.29 is 22.7 Å². The summed E-state index contributed by atoms with van der Waals surface area (Å²) < 4.78 is 47.7. The molecule has 5 atom stereocenters. The maximum absolute atomic E-state index is 14.1. The number of nitrogens with zero attached hydrogens (tertiary/aromatic N) is 3. The Morgan fingerprint density at radius 3 is 2.78 bits per heavy atom. The number of halogens is 1. The summed E-state index contributed by atoms with van der Waals surface area (Å²) in [5, 5.41) is 16.7. The molecule has 1 aromatic carbocycles. The number of aliphatic hydroxyl groups excluding tert-OH is 1. The zero-order valence-electron chi connectivity index (χ0n) is 20.4. The molecule has 1 aliphatic carbocycles. The van der Waals surface area contributed by atoms with Crippen LogP contribution in [-0.2, 0) is 14.6 Å². The van der Waals surface area contributed by atoms with E-state index in [0.29, 0.717) is 42.5 Å². The van der Waals surface area contributed by atoms with Gasteiger partial charge in [-0.25, -0.2) is 23.2 Å². The standard InChI is InChI=1S/C26H30FN5O4S/c1-36-25(16-3-6-19(27)7-4-16)21-11-18(24-23(33)14-28-24)13-29-26(21)37(34,35)20-8-5-17-15-31-9-2-10-32(31)30-22(17)12-20/h2-4,6-7,9,11,13,15,20,22-25,28,30,33H,5,8,10,12,14H2,1H3/t20-,22?,23?,24?,25?/m1/s1. The van der Waals surface area contributed by atoms with Crippen LogP contribution in [0.3, 0.4) is 0 Å². The molecule has 4 unspecified atom stereocenters. The Labute approximate surface area is 215 Å². The predicted molar refractivity (Wildman–Crippen MR) is 134 cm³/mol. The molecule has 0 radical (unpaired) electrons. The Kier molecular flexibility index (Phi) is 6.38.